The predicted octanol–water partition coefficient (Wildman–Crippen LogP) is 2.19. The molecule has 0 aromatic heterocycles. The number of rotatable bonds is 5. The highest BCUT2D eigenvalue weighted by Crippen LogP contribution is 2.38. The van der Waals surface area contributed by atoms with Crippen LogP contribution in [0.4, 0.5) is 11.4 Å². The summed E-state index contributed by atoms with van der Waals surface area (Å²) in [6.45, 7) is 5.25. The maximum Gasteiger partial charge on any atom is 0.257 e. The van der Waals surface area contributed by atoms with Gasteiger partial charge in [0.15, 0.2) is 6.10 Å². The van der Waals surface area contributed by atoms with Crippen molar-refractivity contribution in [3.63, 3.8) is 0 Å². The number of nitrogens with zero attached hydrogens (tertiary/aromatic N) is 1. The van der Waals surface area contributed by atoms with Crippen molar-refractivity contribution >= 4 is 28.9 Å². The molecule has 1 heterocycles. The Balaban J connectivity index is 2.13. The van der Waals surface area contributed by atoms with Gasteiger partial charge in [0.1, 0.15) is 0 Å². The molecule has 1 aliphatic heterocycles. The molecule has 110 valence electrons. The number of hydrogen-bond donors (Lipinski definition) is 2. The summed E-state index contributed by atoms with van der Waals surface area (Å²) in [6.07, 6.45) is -0.945. The first-order valence-electron chi connectivity index (χ1n) is 6.55. The maximum absolute atomic E-state index is 11.4. The Kier molecular flexibility index (Phi) is 4.52. The van der Waals surface area contributed by atoms with Crippen molar-refractivity contribution in [2.45, 2.75) is 26.1 Å². The average Bonchev–Trinajstić information content (AvgIpc) is 2.64. The number of carbonyl (C=O) groups excluding carboxylic acids is 1. The van der Waals surface area contributed by atoms with Gasteiger partial charge in [0.05, 0.1) is 23.4 Å². The summed E-state index contributed by atoms with van der Waals surface area (Å²) in [4.78, 5) is 13.4. The fourth-order valence-electron chi connectivity index (χ4n) is 2.09. The zero-order valence-electron chi connectivity index (χ0n) is 11.8. The molecular weight excluding hydrogens is 280 g/mol. The van der Waals surface area contributed by atoms with Crippen LogP contribution in [-0.2, 0) is 9.53 Å². The Bertz CT molecular complexity index is 519. The number of anilines is 2. The zero-order chi connectivity index (χ0) is 14.9. The molecule has 1 aliphatic rings. The van der Waals surface area contributed by atoms with Crippen LogP contribution >= 0.6 is 11.6 Å². The molecular formula is C14H19ClN2O3. The van der Waals surface area contributed by atoms with Gasteiger partial charge in [-0.05, 0) is 26.0 Å². The van der Waals surface area contributed by atoms with Crippen LogP contribution in [0.1, 0.15) is 25.5 Å². The summed E-state index contributed by atoms with van der Waals surface area (Å²) in [5.74, 6) is -0.418. The molecule has 0 bridgehead atoms. The van der Waals surface area contributed by atoms with Gasteiger partial charge in [-0.15, -0.1) is 0 Å². The first-order valence-corrected chi connectivity index (χ1v) is 6.93. The molecule has 1 atom stereocenters. The van der Waals surface area contributed by atoms with Crippen molar-refractivity contribution in [3.05, 3.63) is 22.7 Å². The Labute approximate surface area is 123 Å². The van der Waals surface area contributed by atoms with Crippen LogP contribution in [0, 0.1) is 0 Å². The third-order valence-corrected chi connectivity index (χ3v) is 3.51. The van der Waals surface area contributed by atoms with Gasteiger partial charge in [-0.1, -0.05) is 11.6 Å². The number of likely N-dealkylation sites (N-methyl/N-ethyl adjacent to an activating group) is 1. The summed E-state index contributed by atoms with van der Waals surface area (Å²) in [5.41, 5.74) is 1.93. The van der Waals surface area contributed by atoms with Gasteiger partial charge in [-0.2, -0.15) is 0 Å². The van der Waals surface area contributed by atoms with Gasteiger partial charge in [0, 0.05) is 24.8 Å². The summed E-state index contributed by atoms with van der Waals surface area (Å²) < 4.78 is 5.51. The Morgan fingerprint density at radius 2 is 2.20 bits per heavy atom. The van der Waals surface area contributed by atoms with Gasteiger partial charge in [-0.25, -0.2) is 0 Å². The highest BCUT2D eigenvalue weighted by Gasteiger charge is 2.29. The number of halogens is 1. The molecule has 6 heteroatoms. The van der Waals surface area contributed by atoms with E-state index in [2.05, 4.69) is 5.32 Å². The lowest BCUT2D eigenvalue weighted by molar-refractivity contribution is -0.123. The molecule has 1 aromatic rings. The van der Waals surface area contributed by atoms with Crippen molar-refractivity contribution in [1.82, 2.24) is 0 Å². The van der Waals surface area contributed by atoms with Crippen LogP contribution in [0.3, 0.4) is 0 Å². The molecule has 20 heavy (non-hydrogen) atoms. The number of hydrogen-bond acceptors (Lipinski definition) is 4. The highest BCUT2D eigenvalue weighted by molar-refractivity contribution is 6.33. The van der Waals surface area contributed by atoms with Crippen LogP contribution in [0.2, 0.25) is 5.02 Å². The van der Waals surface area contributed by atoms with Crippen molar-refractivity contribution in [2.24, 2.45) is 0 Å². The fourth-order valence-corrected chi connectivity index (χ4v) is 2.41. The average molecular weight is 299 g/mol. The molecule has 0 saturated carbocycles. The Hall–Kier alpha value is -1.30. The third kappa shape index (κ3) is 3.06. The molecule has 1 unspecified atom stereocenters. The first-order chi connectivity index (χ1) is 9.40. The maximum atomic E-state index is 11.4. The van der Waals surface area contributed by atoms with E-state index < -0.39 is 12.0 Å². The van der Waals surface area contributed by atoms with Crippen LogP contribution in [0.5, 0.6) is 0 Å². The number of carbonyl (C=O) groups is 1. The first kappa shape index (κ1) is 15.1. The van der Waals surface area contributed by atoms with E-state index in [0.29, 0.717) is 29.4 Å². The summed E-state index contributed by atoms with van der Waals surface area (Å²) in [6, 6.07) is 3.41. The molecule has 2 N–H and O–H groups in total. The van der Waals surface area contributed by atoms with E-state index in [1.54, 1.807) is 12.1 Å². The van der Waals surface area contributed by atoms with Crippen molar-refractivity contribution in [1.29, 1.82) is 0 Å². The van der Waals surface area contributed by atoms with E-state index >= 15 is 0 Å². The third-order valence-electron chi connectivity index (χ3n) is 3.21. The molecule has 2 rings (SSSR count). The van der Waals surface area contributed by atoms with Crippen LogP contribution in [0.15, 0.2) is 12.1 Å². The number of ether oxygens (including phenoxy) is 1. The van der Waals surface area contributed by atoms with E-state index in [9.17, 15) is 9.90 Å². The lowest BCUT2D eigenvalue weighted by Crippen LogP contribution is -2.24. The summed E-state index contributed by atoms with van der Waals surface area (Å²) >= 11 is 6.22. The van der Waals surface area contributed by atoms with E-state index in [0.717, 1.165) is 5.69 Å². The number of amides is 1. The van der Waals surface area contributed by atoms with E-state index in [1.807, 2.05) is 25.8 Å². The van der Waals surface area contributed by atoms with Crippen molar-refractivity contribution in [3.8, 4) is 0 Å². The van der Waals surface area contributed by atoms with Gasteiger partial charge in [0.2, 0.25) is 0 Å². The Morgan fingerprint density at radius 1 is 1.50 bits per heavy atom. The topological polar surface area (TPSA) is 61.8 Å². The molecule has 1 amide bonds. The molecule has 5 nitrogen and oxygen atoms in total. The van der Waals surface area contributed by atoms with Gasteiger partial charge in [-0.3, -0.25) is 4.79 Å². The number of aliphatic hydroxyl groups is 1. The monoisotopic (exact) mass is 298 g/mol. The molecule has 1 aromatic carbocycles. The smallest absolute Gasteiger partial charge is 0.257 e. The van der Waals surface area contributed by atoms with E-state index in [-0.39, 0.29) is 6.10 Å². The molecule has 0 fully saturated rings. The molecule has 0 saturated heterocycles. The zero-order valence-corrected chi connectivity index (χ0v) is 12.6. The Morgan fingerprint density at radius 3 is 2.85 bits per heavy atom. The second-order valence-corrected chi connectivity index (χ2v) is 5.53. The molecule has 0 spiro atoms. The summed E-state index contributed by atoms with van der Waals surface area (Å²) in [5, 5.41) is 12.8. The second-order valence-electron chi connectivity index (χ2n) is 5.12. The van der Waals surface area contributed by atoms with Crippen LogP contribution in [0.25, 0.3) is 0 Å². The predicted molar refractivity (Wildman–Crippen MR) is 79.4 cm³/mol. The van der Waals surface area contributed by atoms with Gasteiger partial charge in [0.25, 0.3) is 5.91 Å². The quantitative estimate of drug-likeness (QED) is 0.875. The molecule has 0 aliphatic carbocycles. The largest absolute Gasteiger partial charge is 0.378 e. The van der Waals surface area contributed by atoms with Crippen LogP contribution in [-0.4, -0.2) is 37.3 Å². The van der Waals surface area contributed by atoms with Gasteiger partial charge >= 0.3 is 0 Å². The van der Waals surface area contributed by atoms with Crippen molar-refractivity contribution in [2.75, 3.05) is 30.4 Å². The van der Waals surface area contributed by atoms with Gasteiger partial charge < -0.3 is 20.1 Å². The minimum Gasteiger partial charge on any atom is -0.378 e. The molecule has 0 radical (unpaired) electrons. The lowest BCUT2D eigenvalue weighted by atomic mass is 10.1. The number of aliphatic hydroxyl groups excluding tert-OH is 1. The lowest BCUT2D eigenvalue weighted by Gasteiger charge is -2.22. The minimum absolute atomic E-state index is 0.188. The van der Waals surface area contributed by atoms with Crippen LogP contribution < -0.4 is 10.2 Å². The van der Waals surface area contributed by atoms with E-state index in [4.69, 9.17) is 16.3 Å². The normalized spacial score (nSPS) is 17.3. The number of fused-ring (bicyclic) bond motifs is 1. The van der Waals surface area contributed by atoms with Crippen molar-refractivity contribution < 1.29 is 14.6 Å². The highest BCUT2D eigenvalue weighted by atomic mass is 35.5. The SMILES string of the molecule is CC(C)OCCN(C)c1cc2c(cc1Cl)C(O)C(=O)N2. The standard InChI is InChI=1S/C14H19ClN2O3/c1-8(2)20-5-4-17(3)12-7-11-9(6-10(12)15)13(18)14(19)16-11/h6-8,13,18H,4-5H2,1-3H3,(H,16,19). The fraction of sp³-hybridized carbons (Fsp3) is 0.500. The summed E-state index contributed by atoms with van der Waals surface area (Å²) in [7, 11) is 1.91. The van der Waals surface area contributed by atoms with E-state index in [1.165, 1.54) is 0 Å². The number of benzene rings is 1. The second kappa shape index (κ2) is 5.99. The minimum atomic E-state index is -1.13. The number of nitrogens with one attached hydrogen (secondary N) is 1.